The zero-order valence-corrected chi connectivity index (χ0v) is 9.62. The molecule has 0 amide bonds. The van der Waals surface area contributed by atoms with Gasteiger partial charge in [0.25, 0.3) is 0 Å². The van der Waals surface area contributed by atoms with Crippen molar-refractivity contribution in [2.45, 2.75) is 26.3 Å². The summed E-state index contributed by atoms with van der Waals surface area (Å²) in [5.41, 5.74) is 4.49. The predicted octanol–water partition coefficient (Wildman–Crippen LogP) is -0.137. The highest BCUT2D eigenvalue weighted by molar-refractivity contribution is 5.92. The molecule has 1 rings (SSSR count). The Labute approximate surface area is 93.9 Å². The summed E-state index contributed by atoms with van der Waals surface area (Å²) in [6.45, 7) is 5.63. The van der Waals surface area contributed by atoms with Crippen molar-refractivity contribution in [3.63, 3.8) is 0 Å². The lowest BCUT2D eigenvalue weighted by Crippen LogP contribution is -2.49. The number of ether oxygens (including phenoxy) is 2. The highest BCUT2D eigenvalue weighted by atomic mass is 16.5. The van der Waals surface area contributed by atoms with Crippen molar-refractivity contribution in [2.75, 3.05) is 13.2 Å². The fourth-order valence-corrected chi connectivity index (χ4v) is 1.27. The first-order valence-corrected chi connectivity index (χ1v) is 5.14. The Bertz CT molecular complexity index is 327. The van der Waals surface area contributed by atoms with Gasteiger partial charge in [-0.3, -0.25) is 0 Å². The molecule has 6 nitrogen and oxygen atoms in total. The Morgan fingerprint density at radius 3 is 2.50 bits per heavy atom. The maximum atomic E-state index is 11.6. The van der Waals surface area contributed by atoms with E-state index in [1.54, 1.807) is 20.8 Å². The molecular formula is C10H16N2O4. The van der Waals surface area contributed by atoms with Crippen LogP contribution in [0.3, 0.4) is 0 Å². The Hall–Kier alpha value is -1.56. The summed E-state index contributed by atoms with van der Waals surface area (Å²) in [5.74, 6) is -0.940. The van der Waals surface area contributed by atoms with Gasteiger partial charge in [-0.1, -0.05) is 0 Å². The highest BCUT2D eigenvalue weighted by Crippen LogP contribution is 2.16. The minimum atomic E-state index is -1.03. The first-order valence-electron chi connectivity index (χ1n) is 5.14. The van der Waals surface area contributed by atoms with E-state index in [0.29, 0.717) is 6.61 Å². The maximum absolute atomic E-state index is 11.6. The largest absolute Gasteiger partial charge is 0.464 e. The number of hydrogen-bond acceptors (Lipinski definition) is 6. The summed E-state index contributed by atoms with van der Waals surface area (Å²) in [6.07, 6.45) is 1.46. The minimum Gasteiger partial charge on any atom is -0.464 e. The second-order valence-electron chi connectivity index (χ2n) is 3.45. The van der Waals surface area contributed by atoms with Crippen LogP contribution in [-0.2, 0) is 19.1 Å². The van der Waals surface area contributed by atoms with Crippen LogP contribution in [0.15, 0.2) is 11.8 Å². The molecule has 90 valence electrons. The Kier molecular flexibility index (Phi) is 3.89. The van der Waals surface area contributed by atoms with Gasteiger partial charge in [-0.15, -0.1) is 0 Å². The fourth-order valence-electron chi connectivity index (χ4n) is 1.27. The zero-order chi connectivity index (χ0) is 12.2. The number of carbonyl (C=O) groups excluding carboxylic acids is 2. The molecule has 0 fully saturated rings. The van der Waals surface area contributed by atoms with Crippen molar-refractivity contribution in [3.8, 4) is 0 Å². The average molecular weight is 228 g/mol. The molecule has 1 aliphatic heterocycles. The van der Waals surface area contributed by atoms with Crippen LogP contribution in [0.1, 0.15) is 20.8 Å². The zero-order valence-electron chi connectivity index (χ0n) is 9.62. The molecule has 1 heterocycles. The van der Waals surface area contributed by atoms with Crippen LogP contribution < -0.4 is 10.9 Å². The molecule has 2 N–H and O–H groups in total. The third-order valence-electron chi connectivity index (χ3n) is 2.08. The van der Waals surface area contributed by atoms with Crippen molar-refractivity contribution in [1.82, 2.24) is 10.9 Å². The van der Waals surface area contributed by atoms with E-state index in [1.165, 1.54) is 6.08 Å². The lowest BCUT2D eigenvalue weighted by atomic mass is 10.0. The van der Waals surface area contributed by atoms with Gasteiger partial charge in [-0.05, 0) is 26.8 Å². The van der Waals surface area contributed by atoms with Crippen LogP contribution in [0.2, 0.25) is 0 Å². The Morgan fingerprint density at radius 1 is 1.31 bits per heavy atom. The molecule has 1 aliphatic rings. The van der Waals surface area contributed by atoms with E-state index in [0.717, 1.165) is 0 Å². The van der Waals surface area contributed by atoms with Gasteiger partial charge in [0.15, 0.2) is 5.54 Å². The predicted molar refractivity (Wildman–Crippen MR) is 56.0 cm³/mol. The standard InChI is InChI=1S/C10H16N2O4/c1-4-15-8(13)7-6-10(3,12-11-7)9(14)16-5-2/h6,11-12H,4-5H2,1-3H3. The van der Waals surface area contributed by atoms with Crippen LogP contribution >= 0.6 is 0 Å². The minimum absolute atomic E-state index is 0.220. The topological polar surface area (TPSA) is 76.7 Å². The Morgan fingerprint density at radius 2 is 1.94 bits per heavy atom. The monoisotopic (exact) mass is 228 g/mol. The molecule has 0 saturated heterocycles. The number of hydrazine groups is 1. The van der Waals surface area contributed by atoms with E-state index in [-0.39, 0.29) is 12.3 Å². The van der Waals surface area contributed by atoms with E-state index in [1.807, 2.05) is 0 Å². The van der Waals surface area contributed by atoms with Gasteiger partial charge in [-0.2, -0.15) is 0 Å². The third-order valence-corrected chi connectivity index (χ3v) is 2.08. The molecule has 6 heteroatoms. The van der Waals surface area contributed by atoms with Gasteiger partial charge in [0, 0.05) is 0 Å². The van der Waals surface area contributed by atoms with Crippen molar-refractivity contribution in [2.24, 2.45) is 0 Å². The highest BCUT2D eigenvalue weighted by Gasteiger charge is 2.38. The smallest absolute Gasteiger partial charge is 0.355 e. The molecule has 16 heavy (non-hydrogen) atoms. The molecule has 1 unspecified atom stereocenters. The number of rotatable bonds is 4. The summed E-state index contributed by atoms with van der Waals surface area (Å²) in [5, 5.41) is 0. The van der Waals surface area contributed by atoms with Gasteiger partial charge in [-0.25, -0.2) is 15.0 Å². The average Bonchev–Trinajstić information content (AvgIpc) is 2.63. The van der Waals surface area contributed by atoms with Crippen LogP contribution in [0, 0.1) is 0 Å². The summed E-state index contributed by atoms with van der Waals surface area (Å²) < 4.78 is 9.68. The van der Waals surface area contributed by atoms with Crippen LogP contribution in [0.5, 0.6) is 0 Å². The summed E-state index contributed by atoms with van der Waals surface area (Å²) in [4.78, 5) is 22.9. The van der Waals surface area contributed by atoms with E-state index in [9.17, 15) is 9.59 Å². The molecule has 0 aromatic carbocycles. The van der Waals surface area contributed by atoms with Crippen molar-refractivity contribution in [3.05, 3.63) is 11.8 Å². The molecular weight excluding hydrogens is 212 g/mol. The van der Waals surface area contributed by atoms with Crippen LogP contribution in [0.25, 0.3) is 0 Å². The SMILES string of the molecule is CCOC(=O)C1=CC(C)(C(=O)OCC)NN1. The van der Waals surface area contributed by atoms with Gasteiger partial charge in [0.2, 0.25) is 0 Å². The third kappa shape index (κ3) is 2.52. The number of esters is 2. The molecule has 0 bridgehead atoms. The number of hydrogen-bond donors (Lipinski definition) is 2. The molecule has 0 radical (unpaired) electrons. The maximum Gasteiger partial charge on any atom is 0.355 e. The van der Waals surface area contributed by atoms with Gasteiger partial charge >= 0.3 is 11.9 Å². The summed E-state index contributed by atoms with van der Waals surface area (Å²) in [6, 6.07) is 0. The summed E-state index contributed by atoms with van der Waals surface area (Å²) >= 11 is 0. The quantitative estimate of drug-likeness (QED) is 0.652. The van der Waals surface area contributed by atoms with E-state index >= 15 is 0 Å². The molecule has 0 spiro atoms. The first kappa shape index (κ1) is 12.5. The molecule has 1 atom stereocenters. The van der Waals surface area contributed by atoms with Crippen molar-refractivity contribution in [1.29, 1.82) is 0 Å². The van der Waals surface area contributed by atoms with Crippen molar-refractivity contribution >= 4 is 11.9 Å². The molecule has 0 aromatic rings. The second kappa shape index (κ2) is 4.98. The lowest BCUT2D eigenvalue weighted by molar-refractivity contribution is -0.148. The van der Waals surface area contributed by atoms with E-state index in [2.05, 4.69) is 10.9 Å². The van der Waals surface area contributed by atoms with E-state index in [4.69, 9.17) is 9.47 Å². The van der Waals surface area contributed by atoms with Crippen LogP contribution in [-0.4, -0.2) is 30.7 Å². The lowest BCUT2D eigenvalue weighted by Gasteiger charge is -2.18. The van der Waals surface area contributed by atoms with Crippen molar-refractivity contribution < 1.29 is 19.1 Å². The molecule has 0 aliphatic carbocycles. The molecule has 0 aromatic heterocycles. The summed E-state index contributed by atoms with van der Waals surface area (Å²) in [7, 11) is 0. The number of carbonyl (C=O) groups is 2. The fraction of sp³-hybridized carbons (Fsp3) is 0.600. The second-order valence-corrected chi connectivity index (χ2v) is 3.45. The Balaban J connectivity index is 2.73. The van der Waals surface area contributed by atoms with Gasteiger partial charge in [0.05, 0.1) is 13.2 Å². The molecule has 0 saturated carbocycles. The van der Waals surface area contributed by atoms with Gasteiger partial charge < -0.3 is 14.9 Å². The van der Waals surface area contributed by atoms with E-state index < -0.39 is 17.5 Å². The number of nitrogens with one attached hydrogen (secondary N) is 2. The van der Waals surface area contributed by atoms with Crippen LogP contribution in [0.4, 0.5) is 0 Å². The normalized spacial score (nSPS) is 23.3. The first-order chi connectivity index (χ1) is 7.53. The van der Waals surface area contributed by atoms with Gasteiger partial charge in [0.1, 0.15) is 5.70 Å².